The van der Waals surface area contributed by atoms with Crippen LogP contribution in [0.2, 0.25) is 5.02 Å². The van der Waals surface area contributed by atoms with Gasteiger partial charge in [0, 0.05) is 16.9 Å². The number of thiocarbonyl (C=S) groups is 1. The van der Waals surface area contributed by atoms with E-state index in [0.717, 1.165) is 0 Å². The van der Waals surface area contributed by atoms with E-state index >= 15 is 0 Å². The van der Waals surface area contributed by atoms with E-state index in [1.807, 2.05) is 0 Å². The van der Waals surface area contributed by atoms with Gasteiger partial charge in [-0.2, -0.15) is 0 Å². The van der Waals surface area contributed by atoms with Crippen molar-refractivity contribution >= 4 is 38.6 Å². The number of hydrogen-bond acceptors (Lipinski definition) is 3. The van der Waals surface area contributed by atoms with Crippen molar-refractivity contribution in [3.05, 3.63) is 64.9 Å². The Morgan fingerprint density at radius 2 is 1.65 bits per heavy atom. The minimum atomic E-state index is -3.60. The summed E-state index contributed by atoms with van der Waals surface area (Å²) < 4.78 is 38.8. The molecule has 1 fully saturated rings. The average Bonchev–Trinajstić information content (AvgIpc) is 3.25. The molecule has 120 valence electrons. The summed E-state index contributed by atoms with van der Waals surface area (Å²) in [5, 5.41) is -0.271. The van der Waals surface area contributed by atoms with Crippen LogP contribution in [0.1, 0.15) is 11.5 Å². The molecule has 3 atom stereocenters. The van der Waals surface area contributed by atoms with Gasteiger partial charge in [0.1, 0.15) is 5.82 Å². The smallest absolute Gasteiger partial charge is 0.182 e. The van der Waals surface area contributed by atoms with Gasteiger partial charge >= 0.3 is 0 Å². The molecular formula is C16H13ClFNO2S2. The molecule has 2 aromatic rings. The summed E-state index contributed by atoms with van der Waals surface area (Å²) in [6, 6.07) is 11.7. The molecule has 0 heterocycles. The maximum absolute atomic E-state index is 13.1. The quantitative estimate of drug-likeness (QED) is 0.840. The Kier molecular flexibility index (Phi) is 4.16. The fourth-order valence-electron chi connectivity index (χ4n) is 2.87. The molecule has 0 aliphatic heterocycles. The highest BCUT2D eigenvalue weighted by molar-refractivity contribution is 7.92. The molecule has 1 saturated carbocycles. The molecule has 3 rings (SSSR count). The normalized spacial score (nSPS) is 23.5. The van der Waals surface area contributed by atoms with Crippen LogP contribution in [0.25, 0.3) is 0 Å². The van der Waals surface area contributed by atoms with Crippen molar-refractivity contribution in [2.45, 2.75) is 16.1 Å². The lowest BCUT2D eigenvalue weighted by Gasteiger charge is -2.04. The van der Waals surface area contributed by atoms with Crippen LogP contribution in [0.4, 0.5) is 4.39 Å². The summed E-state index contributed by atoms with van der Waals surface area (Å²) in [6.07, 6.45) is 0. The molecule has 0 aromatic heterocycles. The number of hydrogen-bond donors (Lipinski definition) is 1. The summed E-state index contributed by atoms with van der Waals surface area (Å²) in [5.41, 5.74) is 6.43. The zero-order valence-electron chi connectivity index (χ0n) is 11.8. The lowest BCUT2D eigenvalue weighted by molar-refractivity contribution is 0.593. The fraction of sp³-hybridized carbons (Fsp3) is 0.188. The predicted octanol–water partition coefficient (Wildman–Crippen LogP) is 3.32. The van der Waals surface area contributed by atoms with E-state index in [4.69, 9.17) is 29.6 Å². The second-order valence-corrected chi connectivity index (χ2v) is 8.48. The van der Waals surface area contributed by atoms with Crippen molar-refractivity contribution in [3.8, 4) is 0 Å². The molecule has 0 bridgehead atoms. The summed E-state index contributed by atoms with van der Waals surface area (Å²) >= 11 is 10.8. The summed E-state index contributed by atoms with van der Waals surface area (Å²) in [5.74, 6) is -1.18. The van der Waals surface area contributed by atoms with Gasteiger partial charge in [0.05, 0.1) is 15.1 Å². The van der Waals surface area contributed by atoms with Crippen LogP contribution in [-0.4, -0.2) is 18.7 Å². The first kappa shape index (κ1) is 16.4. The maximum Gasteiger partial charge on any atom is 0.182 e. The zero-order chi connectivity index (χ0) is 16.8. The van der Waals surface area contributed by atoms with Crippen LogP contribution in [0, 0.1) is 11.7 Å². The number of halogens is 2. The SMILES string of the molecule is NC(=S)[C@@H]1[C@@H](c2ccc(F)cc2)[C@@H]1S(=O)(=O)c1ccc(Cl)cc1. The Labute approximate surface area is 144 Å². The number of nitrogens with two attached hydrogens (primary N) is 1. The van der Waals surface area contributed by atoms with Gasteiger partial charge in [-0.25, -0.2) is 12.8 Å². The molecule has 23 heavy (non-hydrogen) atoms. The van der Waals surface area contributed by atoms with Gasteiger partial charge in [0.25, 0.3) is 0 Å². The molecule has 1 aliphatic rings. The van der Waals surface area contributed by atoms with Crippen molar-refractivity contribution in [1.82, 2.24) is 0 Å². The van der Waals surface area contributed by atoms with E-state index in [2.05, 4.69) is 0 Å². The van der Waals surface area contributed by atoms with E-state index in [0.29, 0.717) is 10.6 Å². The van der Waals surface area contributed by atoms with E-state index < -0.39 is 21.0 Å². The highest BCUT2D eigenvalue weighted by atomic mass is 35.5. The van der Waals surface area contributed by atoms with Crippen molar-refractivity contribution < 1.29 is 12.8 Å². The molecule has 1 aliphatic carbocycles. The molecule has 3 nitrogen and oxygen atoms in total. The highest BCUT2D eigenvalue weighted by Gasteiger charge is 2.60. The molecule has 7 heteroatoms. The lowest BCUT2D eigenvalue weighted by atomic mass is 10.1. The van der Waals surface area contributed by atoms with Gasteiger partial charge in [0.15, 0.2) is 9.84 Å². The molecule has 0 unspecified atom stereocenters. The standard InChI is InChI=1S/C16H13ClFNO2S2/c17-10-3-7-12(8-4-10)23(20,21)15-13(14(15)16(19)22)9-1-5-11(18)6-2-9/h1-8,13-15H,(H2,19,22)/t13-,14-,15+/m1/s1. The Balaban J connectivity index is 1.98. The van der Waals surface area contributed by atoms with Crippen molar-refractivity contribution in [3.63, 3.8) is 0 Å². The Hall–Kier alpha value is -1.50. The first-order valence-electron chi connectivity index (χ1n) is 6.86. The Bertz CT molecular complexity index is 851. The topological polar surface area (TPSA) is 60.2 Å². The summed E-state index contributed by atoms with van der Waals surface area (Å²) in [4.78, 5) is 0.333. The van der Waals surface area contributed by atoms with Gasteiger partial charge in [-0.05, 0) is 42.0 Å². The van der Waals surface area contributed by atoms with E-state index in [1.165, 1.54) is 36.4 Å². The van der Waals surface area contributed by atoms with E-state index in [1.54, 1.807) is 12.1 Å². The molecule has 2 N–H and O–H groups in total. The van der Waals surface area contributed by atoms with Gasteiger partial charge in [-0.3, -0.25) is 0 Å². The van der Waals surface area contributed by atoms with Gasteiger partial charge < -0.3 is 5.73 Å². The third-order valence-corrected chi connectivity index (χ3v) is 6.79. The molecule has 0 amide bonds. The van der Waals surface area contributed by atoms with E-state index in [-0.39, 0.29) is 21.6 Å². The minimum absolute atomic E-state index is 0.155. The minimum Gasteiger partial charge on any atom is -0.393 e. The van der Waals surface area contributed by atoms with Crippen LogP contribution in [0.3, 0.4) is 0 Å². The summed E-state index contributed by atoms with van der Waals surface area (Å²) in [7, 11) is -3.60. The molecule has 0 spiro atoms. The highest BCUT2D eigenvalue weighted by Crippen LogP contribution is 2.54. The van der Waals surface area contributed by atoms with Crippen molar-refractivity contribution in [2.24, 2.45) is 11.7 Å². The molecule has 2 aromatic carbocycles. The fourth-order valence-corrected chi connectivity index (χ4v) is 5.53. The van der Waals surface area contributed by atoms with Gasteiger partial charge in [0.2, 0.25) is 0 Å². The maximum atomic E-state index is 13.1. The van der Waals surface area contributed by atoms with Gasteiger partial charge in [-0.15, -0.1) is 0 Å². The van der Waals surface area contributed by atoms with Crippen LogP contribution in [0.15, 0.2) is 53.4 Å². The summed E-state index contributed by atoms with van der Waals surface area (Å²) in [6.45, 7) is 0. The zero-order valence-corrected chi connectivity index (χ0v) is 14.2. The van der Waals surface area contributed by atoms with Crippen LogP contribution in [0.5, 0.6) is 0 Å². The lowest BCUT2D eigenvalue weighted by Crippen LogP contribution is -2.17. The van der Waals surface area contributed by atoms with Crippen molar-refractivity contribution in [1.29, 1.82) is 0 Å². The monoisotopic (exact) mass is 369 g/mol. The third kappa shape index (κ3) is 2.98. The Morgan fingerprint density at radius 3 is 2.17 bits per heavy atom. The van der Waals surface area contributed by atoms with Crippen LogP contribution in [-0.2, 0) is 9.84 Å². The first-order valence-corrected chi connectivity index (χ1v) is 9.20. The van der Waals surface area contributed by atoms with Crippen LogP contribution >= 0.6 is 23.8 Å². The predicted molar refractivity (Wildman–Crippen MR) is 91.8 cm³/mol. The van der Waals surface area contributed by atoms with E-state index in [9.17, 15) is 12.8 Å². The Morgan fingerprint density at radius 1 is 1.09 bits per heavy atom. The molecule has 0 radical (unpaired) electrons. The molecular weight excluding hydrogens is 357 g/mol. The van der Waals surface area contributed by atoms with Gasteiger partial charge in [-0.1, -0.05) is 36.0 Å². The second kappa shape index (κ2) is 5.85. The van der Waals surface area contributed by atoms with Crippen molar-refractivity contribution in [2.75, 3.05) is 0 Å². The average molecular weight is 370 g/mol. The van der Waals surface area contributed by atoms with Crippen LogP contribution < -0.4 is 5.73 Å². The number of rotatable bonds is 4. The number of sulfone groups is 1. The number of benzene rings is 2. The largest absolute Gasteiger partial charge is 0.393 e. The molecule has 0 saturated heterocycles. The third-order valence-electron chi connectivity index (χ3n) is 4.04. The first-order chi connectivity index (χ1) is 10.8. The second-order valence-electron chi connectivity index (χ2n) is 5.47.